The Balaban J connectivity index is 1.32. The maximum absolute atomic E-state index is 12.7. The van der Waals surface area contributed by atoms with Crippen molar-refractivity contribution in [1.29, 1.82) is 0 Å². The molecule has 0 unspecified atom stereocenters. The van der Waals surface area contributed by atoms with Crippen molar-refractivity contribution in [3.63, 3.8) is 0 Å². The van der Waals surface area contributed by atoms with Crippen LogP contribution in [0.25, 0.3) is 0 Å². The molecule has 1 N–H and O–H groups in total. The number of unbranched alkanes of at least 4 members (excludes halogenated alkanes) is 1. The van der Waals surface area contributed by atoms with Gasteiger partial charge in [0.25, 0.3) is 0 Å². The maximum atomic E-state index is 12.7. The van der Waals surface area contributed by atoms with Gasteiger partial charge >= 0.3 is 0 Å². The SMILES string of the molecule is CCCCC1CCC(C(=O)NCCCS(=O)(=O)N2CCN(c3ccccc3)CC2)CC1. The molecular formula is C24H39N3O3S. The number of hydrogen-bond donors (Lipinski definition) is 1. The number of nitrogens with one attached hydrogen (secondary N) is 1. The molecule has 0 aromatic heterocycles. The summed E-state index contributed by atoms with van der Waals surface area (Å²) in [6.07, 6.45) is 8.56. The van der Waals surface area contributed by atoms with Crippen LogP contribution in [0, 0.1) is 11.8 Å². The van der Waals surface area contributed by atoms with Crippen molar-refractivity contribution in [3.8, 4) is 0 Å². The molecule has 0 radical (unpaired) electrons. The second-order valence-corrected chi connectivity index (χ2v) is 11.1. The second kappa shape index (κ2) is 11.9. The predicted molar refractivity (Wildman–Crippen MR) is 127 cm³/mol. The van der Waals surface area contributed by atoms with Gasteiger partial charge in [0.2, 0.25) is 15.9 Å². The quantitative estimate of drug-likeness (QED) is 0.554. The molecule has 1 saturated carbocycles. The van der Waals surface area contributed by atoms with Crippen LogP contribution in [-0.2, 0) is 14.8 Å². The number of para-hydroxylation sites is 1. The smallest absolute Gasteiger partial charge is 0.223 e. The number of rotatable bonds is 10. The van der Waals surface area contributed by atoms with E-state index in [0.29, 0.717) is 39.1 Å². The van der Waals surface area contributed by atoms with E-state index in [9.17, 15) is 13.2 Å². The highest BCUT2D eigenvalue weighted by Gasteiger charge is 2.28. The fourth-order valence-electron chi connectivity index (χ4n) is 4.81. The first-order chi connectivity index (χ1) is 15.0. The monoisotopic (exact) mass is 449 g/mol. The Kier molecular flexibility index (Phi) is 9.20. The van der Waals surface area contributed by atoms with E-state index in [-0.39, 0.29) is 17.6 Å². The fraction of sp³-hybridized carbons (Fsp3) is 0.708. The van der Waals surface area contributed by atoms with E-state index in [1.165, 1.54) is 19.3 Å². The fourth-order valence-corrected chi connectivity index (χ4v) is 6.30. The molecule has 6 nitrogen and oxygen atoms in total. The summed E-state index contributed by atoms with van der Waals surface area (Å²) in [5.74, 6) is 1.11. The highest BCUT2D eigenvalue weighted by Crippen LogP contribution is 2.31. The van der Waals surface area contributed by atoms with Crippen molar-refractivity contribution in [1.82, 2.24) is 9.62 Å². The van der Waals surface area contributed by atoms with Gasteiger partial charge in [0.15, 0.2) is 0 Å². The average Bonchev–Trinajstić information content (AvgIpc) is 2.81. The van der Waals surface area contributed by atoms with Crippen LogP contribution < -0.4 is 10.2 Å². The Morgan fingerprint density at radius 3 is 2.32 bits per heavy atom. The predicted octanol–water partition coefficient (Wildman–Crippen LogP) is 3.64. The molecule has 0 spiro atoms. The molecule has 1 heterocycles. The lowest BCUT2D eigenvalue weighted by Crippen LogP contribution is -2.49. The van der Waals surface area contributed by atoms with Gasteiger partial charge in [0.1, 0.15) is 0 Å². The van der Waals surface area contributed by atoms with E-state index in [0.717, 1.165) is 37.3 Å². The second-order valence-electron chi connectivity index (χ2n) is 9.04. The molecule has 1 aromatic carbocycles. The largest absolute Gasteiger partial charge is 0.369 e. The van der Waals surface area contributed by atoms with Crippen molar-refractivity contribution < 1.29 is 13.2 Å². The van der Waals surface area contributed by atoms with Crippen LogP contribution in [0.15, 0.2) is 30.3 Å². The molecule has 2 aliphatic rings. The lowest BCUT2D eigenvalue weighted by Gasteiger charge is -2.35. The summed E-state index contributed by atoms with van der Waals surface area (Å²) < 4.78 is 27.0. The lowest BCUT2D eigenvalue weighted by molar-refractivity contribution is -0.126. The van der Waals surface area contributed by atoms with E-state index in [2.05, 4.69) is 29.3 Å². The summed E-state index contributed by atoms with van der Waals surface area (Å²) in [6.45, 7) is 5.12. The van der Waals surface area contributed by atoms with Crippen LogP contribution in [0.4, 0.5) is 5.69 Å². The van der Waals surface area contributed by atoms with Crippen molar-refractivity contribution in [2.45, 2.75) is 58.3 Å². The van der Waals surface area contributed by atoms with Gasteiger partial charge in [-0.15, -0.1) is 0 Å². The topological polar surface area (TPSA) is 69.7 Å². The van der Waals surface area contributed by atoms with E-state index >= 15 is 0 Å². The van der Waals surface area contributed by atoms with Crippen molar-refractivity contribution in [2.24, 2.45) is 11.8 Å². The minimum Gasteiger partial charge on any atom is -0.369 e. The number of sulfonamides is 1. The van der Waals surface area contributed by atoms with Gasteiger partial charge in [0, 0.05) is 44.3 Å². The molecule has 174 valence electrons. The third-order valence-corrected chi connectivity index (χ3v) is 8.77. The van der Waals surface area contributed by atoms with Crippen molar-refractivity contribution >= 4 is 21.6 Å². The molecule has 31 heavy (non-hydrogen) atoms. The molecule has 1 aliphatic heterocycles. The van der Waals surface area contributed by atoms with E-state index in [4.69, 9.17) is 0 Å². The number of carbonyl (C=O) groups is 1. The zero-order valence-corrected chi connectivity index (χ0v) is 19.8. The van der Waals surface area contributed by atoms with Crippen LogP contribution in [0.1, 0.15) is 58.3 Å². The first-order valence-electron chi connectivity index (χ1n) is 12.0. The minimum atomic E-state index is -3.27. The Morgan fingerprint density at radius 2 is 1.68 bits per heavy atom. The van der Waals surface area contributed by atoms with Gasteiger partial charge < -0.3 is 10.2 Å². The first kappa shape index (κ1) is 24.1. The Hall–Kier alpha value is -1.60. The van der Waals surface area contributed by atoms with Crippen LogP contribution in [0.3, 0.4) is 0 Å². The normalized spacial score (nSPS) is 22.9. The van der Waals surface area contributed by atoms with Gasteiger partial charge in [-0.05, 0) is 50.2 Å². The van der Waals surface area contributed by atoms with Gasteiger partial charge in [-0.3, -0.25) is 4.79 Å². The molecule has 1 aromatic rings. The highest BCUT2D eigenvalue weighted by atomic mass is 32.2. The molecule has 1 saturated heterocycles. The first-order valence-corrected chi connectivity index (χ1v) is 13.7. The highest BCUT2D eigenvalue weighted by molar-refractivity contribution is 7.89. The molecule has 1 aliphatic carbocycles. The number of nitrogens with zero attached hydrogens (tertiary/aromatic N) is 2. The summed E-state index contributed by atoms with van der Waals surface area (Å²) in [5.41, 5.74) is 1.14. The zero-order chi connectivity index (χ0) is 22.1. The number of piperazine rings is 1. The van der Waals surface area contributed by atoms with Crippen LogP contribution in [0.5, 0.6) is 0 Å². The Bertz CT molecular complexity index is 769. The van der Waals surface area contributed by atoms with E-state index < -0.39 is 10.0 Å². The van der Waals surface area contributed by atoms with Crippen molar-refractivity contribution in [3.05, 3.63) is 30.3 Å². The molecule has 1 amide bonds. The van der Waals surface area contributed by atoms with E-state index in [1.807, 2.05) is 18.2 Å². The Morgan fingerprint density at radius 1 is 1.00 bits per heavy atom. The molecule has 7 heteroatoms. The van der Waals surface area contributed by atoms with Crippen LogP contribution in [0.2, 0.25) is 0 Å². The van der Waals surface area contributed by atoms with Gasteiger partial charge in [-0.2, -0.15) is 4.31 Å². The maximum Gasteiger partial charge on any atom is 0.223 e. The summed E-state index contributed by atoms with van der Waals surface area (Å²) >= 11 is 0. The summed E-state index contributed by atoms with van der Waals surface area (Å²) in [7, 11) is -3.27. The number of amides is 1. The van der Waals surface area contributed by atoms with Crippen LogP contribution in [-0.4, -0.2) is 57.1 Å². The lowest BCUT2D eigenvalue weighted by atomic mass is 9.79. The van der Waals surface area contributed by atoms with E-state index in [1.54, 1.807) is 4.31 Å². The zero-order valence-electron chi connectivity index (χ0n) is 19.0. The Labute approximate surface area is 188 Å². The van der Waals surface area contributed by atoms with Gasteiger partial charge in [-0.1, -0.05) is 44.4 Å². The third kappa shape index (κ3) is 7.21. The molecule has 0 atom stereocenters. The molecular weight excluding hydrogens is 410 g/mol. The minimum absolute atomic E-state index is 0.0996. The third-order valence-electron chi connectivity index (χ3n) is 6.82. The number of anilines is 1. The summed E-state index contributed by atoms with van der Waals surface area (Å²) in [6, 6.07) is 10.1. The molecule has 0 bridgehead atoms. The number of hydrogen-bond acceptors (Lipinski definition) is 4. The van der Waals surface area contributed by atoms with Crippen molar-refractivity contribution in [2.75, 3.05) is 43.4 Å². The number of carbonyl (C=O) groups excluding carboxylic acids is 1. The van der Waals surface area contributed by atoms with Gasteiger partial charge in [-0.25, -0.2) is 8.42 Å². The summed E-state index contributed by atoms with van der Waals surface area (Å²) in [5, 5.41) is 2.98. The molecule has 2 fully saturated rings. The van der Waals surface area contributed by atoms with Crippen LogP contribution >= 0.6 is 0 Å². The standard InChI is InChI=1S/C24H39N3O3S/c1-2-3-8-21-11-13-22(14-12-21)24(28)25-15-7-20-31(29,30)27-18-16-26(17-19-27)23-9-5-4-6-10-23/h4-6,9-10,21-22H,2-3,7-8,11-20H2,1H3,(H,25,28). The van der Waals surface area contributed by atoms with Gasteiger partial charge in [0.05, 0.1) is 5.75 Å². The molecule has 3 rings (SSSR count). The number of benzene rings is 1. The summed E-state index contributed by atoms with van der Waals surface area (Å²) in [4.78, 5) is 14.7. The average molecular weight is 450 g/mol.